The van der Waals surface area contributed by atoms with Gasteiger partial charge < -0.3 is 10.4 Å². The third-order valence-corrected chi connectivity index (χ3v) is 2.53. The van der Waals surface area contributed by atoms with Crippen LogP contribution in [0, 0.1) is 11.8 Å². The van der Waals surface area contributed by atoms with Gasteiger partial charge in [-0.05, 0) is 25.1 Å². The summed E-state index contributed by atoms with van der Waals surface area (Å²) >= 11 is 0. The van der Waals surface area contributed by atoms with Gasteiger partial charge in [-0.1, -0.05) is 12.1 Å². The van der Waals surface area contributed by atoms with Gasteiger partial charge in [0.15, 0.2) is 0 Å². The number of aromatic nitrogens is 1. The molecule has 0 saturated carbocycles. The minimum absolute atomic E-state index is 0.132. The van der Waals surface area contributed by atoms with Crippen molar-refractivity contribution in [3.05, 3.63) is 53.7 Å². The summed E-state index contributed by atoms with van der Waals surface area (Å²) in [4.78, 5) is 3.64. The Kier molecular flexibility index (Phi) is 3.41. The van der Waals surface area contributed by atoms with E-state index in [1.165, 1.54) is 24.3 Å². The molecule has 3 nitrogen and oxygen atoms in total. The van der Waals surface area contributed by atoms with Crippen LogP contribution in [0.5, 0.6) is 5.75 Å². The number of pyridine rings is 1. The molecule has 0 saturated heterocycles. The van der Waals surface area contributed by atoms with Crippen LogP contribution in [0.2, 0.25) is 0 Å². The molecule has 0 spiro atoms. The van der Waals surface area contributed by atoms with Crippen molar-refractivity contribution in [1.82, 2.24) is 4.98 Å². The molecule has 2 aromatic rings. The first kappa shape index (κ1) is 12.3. The van der Waals surface area contributed by atoms with Gasteiger partial charge in [0.25, 0.3) is 0 Å². The van der Waals surface area contributed by atoms with Crippen LogP contribution >= 0.6 is 0 Å². The summed E-state index contributed by atoms with van der Waals surface area (Å²) in [5.74, 6) is -0.924. The number of rotatable bonds is 3. The fourth-order valence-electron chi connectivity index (χ4n) is 1.66. The Morgan fingerprint density at radius 3 is 2.67 bits per heavy atom. The highest BCUT2D eigenvalue weighted by molar-refractivity contribution is 5.39. The van der Waals surface area contributed by atoms with E-state index in [1.54, 1.807) is 13.0 Å². The molecule has 1 aromatic carbocycles. The largest absolute Gasteiger partial charge is 0.508 e. The van der Waals surface area contributed by atoms with Gasteiger partial charge in [-0.2, -0.15) is 4.39 Å². The predicted molar refractivity (Wildman–Crippen MR) is 64.3 cm³/mol. The summed E-state index contributed by atoms with van der Waals surface area (Å²) < 4.78 is 26.5. The summed E-state index contributed by atoms with van der Waals surface area (Å²) in [7, 11) is 0. The highest BCUT2D eigenvalue weighted by atomic mass is 19.1. The van der Waals surface area contributed by atoms with E-state index in [0.717, 1.165) is 6.07 Å². The van der Waals surface area contributed by atoms with Crippen molar-refractivity contribution in [2.45, 2.75) is 13.0 Å². The highest BCUT2D eigenvalue weighted by Crippen LogP contribution is 2.23. The highest BCUT2D eigenvalue weighted by Gasteiger charge is 2.12. The average molecular weight is 250 g/mol. The third-order valence-electron chi connectivity index (χ3n) is 2.53. The molecular formula is C13H12F2N2O. The number of aromatic hydroxyl groups is 1. The topological polar surface area (TPSA) is 45.2 Å². The van der Waals surface area contributed by atoms with Crippen LogP contribution in [0.3, 0.4) is 0 Å². The Labute approximate surface area is 103 Å². The van der Waals surface area contributed by atoms with Crippen molar-refractivity contribution in [2.75, 3.05) is 5.32 Å². The average Bonchev–Trinajstić information content (AvgIpc) is 2.28. The molecule has 5 heteroatoms. The molecule has 0 amide bonds. The summed E-state index contributed by atoms with van der Waals surface area (Å²) in [6.07, 6.45) is 0. The molecule has 94 valence electrons. The molecule has 2 rings (SSSR count). The maximum Gasteiger partial charge on any atom is 0.214 e. The number of benzene rings is 1. The van der Waals surface area contributed by atoms with E-state index in [-0.39, 0.29) is 11.8 Å². The first-order chi connectivity index (χ1) is 8.56. The maximum absolute atomic E-state index is 13.6. The van der Waals surface area contributed by atoms with E-state index < -0.39 is 11.8 Å². The Morgan fingerprint density at radius 2 is 2.00 bits per heavy atom. The standard InChI is InChI=1S/C13H12F2N2O/c1-8(10-6-5-9(18)7-11(10)14)16-13-4-2-3-12(15)17-13/h2-8,18H,1H3,(H,16,17). The molecule has 0 aliphatic carbocycles. The normalized spacial score (nSPS) is 12.2. The van der Waals surface area contributed by atoms with Gasteiger partial charge in [-0.3, -0.25) is 0 Å². The molecule has 1 heterocycles. The molecule has 1 unspecified atom stereocenters. The minimum Gasteiger partial charge on any atom is -0.508 e. The van der Waals surface area contributed by atoms with Crippen molar-refractivity contribution in [2.24, 2.45) is 0 Å². The number of anilines is 1. The van der Waals surface area contributed by atoms with Crippen molar-refractivity contribution in [1.29, 1.82) is 0 Å². The Balaban J connectivity index is 2.19. The van der Waals surface area contributed by atoms with Crippen LogP contribution in [0.1, 0.15) is 18.5 Å². The lowest BCUT2D eigenvalue weighted by molar-refractivity contribution is 0.467. The second kappa shape index (κ2) is 5.00. The molecule has 18 heavy (non-hydrogen) atoms. The molecule has 1 atom stereocenters. The Bertz CT molecular complexity index is 560. The van der Waals surface area contributed by atoms with Gasteiger partial charge in [0.2, 0.25) is 5.95 Å². The van der Waals surface area contributed by atoms with E-state index in [4.69, 9.17) is 5.11 Å². The van der Waals surface area contributed by atoms with E-state index in [1.807, 2.05) is 0 Å². The van der Waals surface area contributed by atoms with Crippen molar-refractivity contribution < 1.29 is 13.9 Å². The maximum atomic E-state index is 13.6. The van der Waals surface area contributed by atoms with Crippen LogP contribution in [0.15, 0.2) is 36.4 Å². The predicted octanol–water partition coefficient (Wildman–Crippen LogP) is 3.24. The minimum atomic E-state index is -0.599. The number of hydrogen-bond donors (Lipinski definition) is 2. The Hall–Kier alpha value is -2.17. The quantitative estimate of drug-likeness (QED) is 0.822. The lowest BCUT2D eigenvalue weighted by atomic mass is 10.1. The molecule has 0 fully saturated rings. The van der Waals surface area contributed by atoms with Gasteiger partial charge in [0.05, 0.1) is 6.04 Å². The molecule has 1 aromatic heterocycles. The van der Waals surface area contributed by atoms with Crippen molar-refractivity contribution >= 4 is 5.82 Å². The molecule has 0 radical (unpaired) electrons. The summed E-state index contributed by atoms with van der Waals surface area (Å²) in [6.45, 7) is 1.72. The van der Waals surface area contributed by atoms with E-state index in [0.29, 0.717) is 11.4 Å². The first-order valence-electron chi connectivity index (χ1n) is 5.44. The van der Waals surface area contributed by atoms with Crippen molar-refractivity contribution in [3.63, 3.8) is 0 Å². The fourth-order valence-corrected chi connectivity index (χ4v) is 1.66. The number of nitrogens with zero attached hydrogens (tertiary/aromatic N) is 1. The van der Waals surface area contributed by atoms with Crippen LogP contribution in [-0.2, 0) is 0 Å². The zero-order valence-electron chi connectivity index (χ0n) is 9.69. The Morgan fingerprint density at radius 1 is 1.22 bits per heavy atom. The first-order valence-corrected chi connectivity index (χ1v) is 5.44. The van der Waals surface area contributed by atoms with Gasteiger partial charge >= 0.3 is 0 Å². The van der Waals surface area contributed by atoms with Crippen LogP contribution in [0.25, 0.3) is 0 Å². The number of halogens is 2. The number of nitrogens with one attached hydrogen (secondary N) is 1. The summed E-state index contributed by atoms with van der Waals surface area (Å²) in [5.41, 5.74) is 0.374. The van der Waals surface area contributed by atoms with Crippen molar-refractivity contribution in [3.8, 4) is 5.75 Å². The summed E-state index contributed by atoms with van der Waals surface area (Å²) in [5, 5.41) is 12.0. The van der Waals surface area contributed by atoms with Crippen LogP contribution < -0.4 is 5.32 Å². The second-order valence-corrected chi connectivity index (χ2v) is 3.92. The zero-order chi connectivity index (χ0) is 13.1. The lowest BCUT2D eigenvalue weighted by Gasteiger charge is -2.15. The summed E-state index contributed by atoms with van der Waals surface area (Å²) in [6, 6.07) is 7.86. The number of phenolic OH excluding ortho intramolecular Hbond substituents is 1. The lowest BCUT2D eigenvalue weighted by Crippen LogP contribution is -2.10. The van der Waals surface area contributed by atoms with Crippen LogP contribution in [-0.4, -0.2) is 10.1 Å². The third kappa shape index (κ3) is 2.74. The van der Waals surface area contributed by atoms with E-state index in [2.05, 4.69) is 10.3 Å². The van der Waals surface area contributed by atoms with Gasteiger partial charge in [0, 0.05) is 11.6 Å². The van der Waals surface area contributed by atoms with E-state index >= 15 is 0 Å². The molecule has 0 aliphatic rings. The number of hydrogen-bond acceptors (Lipinski definition) is 3. The second-order valence-electron chi connectivity index (χ2n) is 3.92. The molecule has 0 bridgehead atoms. The van der Waals surface area contributed by atoms with Gasteiger partial charge in [0.1, 0.15) is 17.4 Å². The van der Waals surface area contributed by atoms with E-state index in [9.17, 15) is 8.78 Å². The monoisotopic (exact) mass is 250 g/mol. The fraction of sp³-hybridized carbons (Fsp3) is 0.154. The molecule has 2 N–H and O–H groups in total. The SMILES string of the molecule is CC(Nc1cccc(F)n1)c1ccc(O)cc1F. The van der Waals surface area contributed by atoms with Gasteiger partial charge in [-0.15, -0.1) is 0 Å². The molecule has 0 aliphatic heterocycles. The van der Waals surface area contributed by atoms with Gasteiger partial charge in [-0.25, -0.2) is 9.37 Å². The smallest absolute Gasteiger partial charge is 0.214 e. The zero-order valence-corrected chi connectivity index (χ0v) is 9.69. The molecular weight excluding hydrogens is 238 g/mol. The van der Waals surface area contributed by atoms with Crippen LogP contribution in [0.4, 0.5) is 14.6 Å². The number of phenols is 1.